The van der Waals surface area contributed by atoms with Gasteiger partial charge < -0.3 is 15.0 Å². The third kappa shape index (κ3) is 3.53. The number of benzene rings is 1. The molecule has 0 aromatic heterocycles. The molecule has 1 amide bonds. The largest absolute Gasteiger partial charge is 0.378 e. The van der Waals surface area contributed by atoms with Crippen molar-refractivity contribution in [1.29, 1.82) is 0 Å². The Bertz CT molecular complexity index is 442. The molecule has 1 saturated heterocycles. The van der Waals surface area contributed by atoms with Crippen LogP contribution in [0.2, 0.25) is 10.0 Å². The summed E-state index contributed by atoms with van der Waals surface area (Å²) in [5.41, 5.74) is 0.597. The Labute approximate surface area is 122 Å². The summed E-state index contributed by atoms with van der Waals surface area (Å²) >= 11 is 12.1. The first-order valence-corrected chi connectivity index (χ1v) is 6.92. The Balaban J connectivity index is 2.03. The molecule has 1 aliphatic rings. The van der Waals surface area contributed by atoms with Crippen molar-refractivity contribution in [3.05, 3.63) is 28.2 Å². The number of amides is 1. The van der Waals surface area contributed by atoms with Crippen molar-refractivity contribution < 1.29 is 9.53 Å². The van der Waals surface area contributed by atoms with Gasteiger partial charge in [-0.2, -0.15) is 0 Å². The van der Waals surface area contributed by atoms with Gasteiger partial charge in [0.05, 0.1) is 28.9 Å². The minimum Gasteiger partial charge on any atom is -0.378 e. The Morgan fingerprint density at radius 2 is 1.89 bits per heavy atom. The van der Waals surface area contributed by atoms with Crippen LogP contribution in [0, 0.1) is 0 Å². The van der Waals surface area contributed by atoms with Crippen molar-refractivity contribution >= 4 is 34.8 Å². The van der Waals surface area contributed by atoms with E-state index in [-0.39, 0.29) is 11.9 Å². The fourth-order valence-corrected chi connectivity index (χ4v) is 2.48. The van der Waals surface area contributed by atoms with E-state index in [0.29, 0.717) is 42.0 Å². The second-order valence-electron chi connectivity index (χ2n) is 4.40. The first kappa shape index (κ1) is 14.4. The van der Waals surface area contributed by atoms with Gasteiger partial charge in [-0.15, -0.1) is 0 Å². The number of nitrogens with zero attached hydrogens (tertiary/aromatic N) is 1. The molecular formula is C13H16Cl2N2O2. The number of nitrogens with one attached hydrogen (secondary N) is 1. The van der Waals surface area contributed by atoms with E-state index in [9.17, 15) is 4.79 Å². The summed E-state index contributed by atoms with van der Waals surface area (Å²) in [6.07, 6.45) is 0. The molecule has 1 aliphatic heterocycles. The molecule has 0 aliphatic carbocycles. The second-order valence-corrected chi connectivity index (χ2v) is 5.21. The Morgan fingerprint density at radius 3 is 2.47 bits per heavy atom. The average Bonchev–Trinajstić information content (AvgIpc) is 2.43. The van der Waals surface area contributed by atoms with Gasteiger partial charge in [-0.05, 0) is 19.1 Å². The van der Waals surface area contributed by atoms with Crippen molar-refractivity contribution in [2.24, 2.45) is 0 Å². The number of carbonyl (C=O) groups excluding carboxylic acids is 1. The monoisotopic (exact) mass is 302 g/mol. The number of hydrogen-bond acceptors (Lipinski definition) is 3. The number of anilines is 1. The van der Waals surface area contributed by atoms with Crippen molar-refractivity contribution in [2.75, 3.05) is 31.6 Å². The number of ether oxygens (including phenoxy) is 1. The molecule has 6 heteroatoms. The fourth-order valence-electron chi connectivity index (χ4n) is 1.97. The van der Waals surface area contributed by atoms with E-state index in [1.165, 1.54) is 0 Å². The molecule has 2 rings (SSSR count). The smallest absolute Gasteiger partial charge is 0.244 e. The number of halogens is 2. The van der Waals surface area contributed by atoms with Gasteiger partial charge in [-0.3, -0.25) is 4.79 Å². The third-order valence-corrected chi connectivity index (χ3v) is 3.65. The second kappa shape index (κ2) is 6.46. The van der Waals surface area contributed by atoms with Crippen molar-refractivity contribution in [1.82, 2.24) is 4.90 Å². The van der Waals surface area contributed by atoms with Crippen molar-refractivity contribution in [3.8, 4) is 0 Å². The van der Waals surface area contributed by atoms with E-state index in [0.717, 1.165) is 0 Å². The van der Waals surface area contributed by atoms with Crippen LogP contribution in [0.15, 0.2) is 18.2 Å². The maximum atomic E-state index is 12.2. The highest BCUT2D eigenvalue weighted by Gasteiger charge is 2.23. The molecule has 0 saturated carbocycles. The molecule has 1 aromatic rings. The lowest BCUT2D eigenvalue weighted by molar-refractivity contribution is -0.135. The molecule has 1 N–H and O–H groups in total. The summed E-state index contributed by atoms with van der Waals surface area (Å²) in [5, 5.41) is 4.10. The molecule has 1 aromatic carbocycles. The first-order chi connectivity index (χ1) is 9.09. The van der Waals surface area contributed by atoms with Crippen molar-refractivity contribution in [2.45, 2.75) is 13.0 Å². The zero-order valence-electron chi connectivity index (χ0n) is 10.7. The topological polar surface area (TPSA) is 41.6 Å². The maximum Gasteiger partial charge on any atom is 0.244 e. The molecule has 1 heterocycles. The van der Waals surface area contributed by atoms with Crippen LogP contribution >= 0.6 is 23.2 Å². The van der Waals surface area contributed by atoms with E-state index in [1.54, 1.807) is 30.0 Å². The van der Waals surface area contributed by atoms with E-state index in [1.807, 2.05) is 0 Å². The standard InChI is InChI=1S/C13H16Cl2N2O2/c1-9(13(18)17-5-7-19-8-6-17)16-12-10(14)3-2-4-11(12)15/h2-4,9,16H,5-8H2,1H3. The summed E-state index contributed by atoms with van der Waals surface area (Å²) in [6.45, 7) is 4.23. The van der Waals surface area contributed by atoms with Gasteiger partial charge in [0.25, 0.3) is 0 Å². The zero-order valence-corrected chi connectivity index (χ0v) is 12.2. The van der Waals surface area contributed by atoms with Crippen LogP contribution in [0.3, 0.4) is 0 Å². The van der Waals surface area contributed by atoms with Gasteiger partial charge >= 0.3 is 0 Å². The van der Waals surface area contributed by atoms with Crippen LogP contribution in [-0.2, 0) is 9.53 Å². The Kier molecular flexibility index (Phi) is 4.91. The summed E-state index contributed by atoms with van der Waals surface area (Å²) < 4.78 is 5.23. The molecular weight excluding hydrogens is 287 g/mol. The molecule has 1 unspecified atom stereocenters. The van der Waals surface area contributed by atoms with Gasteiger partial charge in [-0.25, -0.2) is 0 Å². The third-order valence-electron chi connectivity index (χ3n) is 3.02. The SMILES string of the molecule is CC(Nc1c(Cl)cccc1Cl)C(=O)N1CCOCC1. The maximum absolute atomic E-state index is 12.2. The highest BCUT2D eigenvalue weighted by Crippen LogP contribution is 2.30. The van der Waals surface area contributed by atoms with Crippen LogP contribution in [0.1, 0.15) is 6.92 Å². The normalized spacial score (nSPS) is 17.1. The van der Waals surface area contributed by atoms with Gasteiger partial charge in [-0.1, -0.05) is 29.3 Å². The molecule has 1 atom stereocenters. The Morgan fingerprint density at radius 1 is 1.32 bits per heavy atom. The highest BCUT2D eigenvalue weighted by molar-refractivity contribution is 6.39. The van der Waals surface area contributed by atoms with Crippen molar-refractivity contribution in [3.63, 3.8) is 0 Å². The zero-order chi connectivity index (χ0) is 13.8. The quantitative estimate of drug-likeness (QED) is 0.933. The molecule has 0 spiro atoms. The van der Waals surface area contributed by atoms with E-state index in [2.05, 4.69) is 5.32 Å². The molecule has 19 heavy (non-hydrogen) atoms. The number of hydrogen-bond donors (Lipinski definition) is 1. The number of morpholine rings is 1. The highest BCUT2D eigenvalue weighted by atomic mass is 35.5. The summed E-state index contributed by atoms with van der Waals surface area (Å²) in [4.78, 5) is 14.0. The van der Waals surface area contributed by atoms with Crippen LogP contribution in [0.5, 0.6) is 0 Å². The van der Waals surface area contributed by atoms with Crippen LogP contribution in [-0.4, -0.2) is 43.2 Å². The van der Waals surface area contributed by atoms with E-state index in [4.69, 9.17) is 27.9 Å². The predicted molar refractivity (Wildman–Crippen MR) is 76.9 cm³/mol. The van der Waals surface area contributed by atoms with E-state index < -0.39 is 0 Å². The molecule has 0 radical (unpaired) electrons. The van der Waals surface area contributed by atoms with Crippen LogP contribution in [0.25, 0.3) is 0 Å². The average molecular weight is 303 g/mol. The van der Waals surface area contributed by atoms with Crippen LogP contribution in [0.4, 0.5) is 5.69 Å². The first-order valence-electron chi connectivity index (χ1n) is 6.16. The van der Waals surface area contributed by atoms with Gasteiger partial charge in [0.2, 0.25) is 5.91 Å². The molecule has 1 fully saturated rings. The number of carbonyl (C=O) groups is 1. The van der Waals surface area contributed by atoms with Gasteiger partial charge in [0.1, 0.15) is 6.04 Å². The molecule has 104 valence electrons. The molecule has 4 nitrogen and oxygen atoms in total. The fraction of sp³-hybridized carbons (Fsp3) is 0.462. The lowest BCUT2D eigenvalue weighted by Crippen LogP contribution is -2.47. The number of para-hydroxylation sites is 1. The van der Waals surface area contributed by atoms with Gasteiger partial charge in [0.15, 0.2) is 0 Å². The lowest BCUT2D eigenvalue weighted by Gasteiger charge is -2.30. The Hall–Kier alpha value is -0.970. The lowest BCUT2D eigenvalue weighted by atomic mass is 10.2. The summed E-state index contributed by atoms with van der Waals surface area (Å²) in [5.74, 6) is 0.0271. The van der Waals surface area contributed by atoms with Crippen LogP contribution < -0.4 is 5.32 Å². The number of rotatable bonds is 3. The van der Waals surface area contributed by atoms with E-state index >= 15 is 0 Å². The predicted octanol–water partition coefficient (Wildman–Crippen LogP) is 2.65. The summed E-state index contributed by atoms with van der Waals surface area (Å²) in [6, 6.07) is 4.86. The minimum atomic E-state index is -0.379. The summed E-state index contributed by atoms with van der Waals surface area (Å²) in [7, 11) is 0. The molecule has 0 bridgehead atoms. The van der Waals surface area contributed by atoms with Gasteiger partial charge in [0, 0.05) is 13.1 Å². The minimum absolute atomic E-state index is 0.0271.